The van der Waals surface area contributed by atoms with E-state index in [1.165, 1.54) is 6.07 Å². The zero-order chi connectivity index (χ0) is 16.0. The van der Waals surface area contributed by atoms with E-state index in [1.807, 2.05) is 18.7 Å². The van der Waals surface area contributed by atoms with Gasteiger partial charge in [0.05, 0.1) is 12.8 Å². The summed E-state index contributed by atoms with van der Waals surface area (Å²) < 4.78 is 33.2. The predicted molar refractivity (Wildman–Crippen MR) is 77.4 cm³/mol. The number of rotatable bonds is 7. The van der Waals surface area contributed by atoms with Crippen LogP contribution in [0.5, 0.6) is 5.75 Å². The Labute approximate surface area is 124 Å². The van der Waals surface area contributed by atoms with Gasteiger partial charge in [0.2, 0.25) is 0 Å². The number of ether oxygens (including phenoxy) is 1. The van der Waals surface area contributed by atoms with Gasteiger partial charge in [0.25, 0.3) is 5.91 Å². The second-order valence-corrected chi connectivity index (χ2v) is 4.87. The van der Waals surface area contributed by atoms with E-state index >= 15 is 0 Å². The lowest BCUT2D eigenvalue weighted by Crippen LogP contribution is -2.38. The monoisotopic (exact) mass is 300 g/mol. The van der Waals surface area contributed by atoms with Crippen LogP contribution < -0.4 is 10.1 Å². The third kappa shape index (κ3) is 4.67. The van der Waals surface area contributed by atoms with Gasteiger partial charge in [0.1, 0.15) is 11.4 Å². The van der Waals surface area contributed by atoms with Gasteiger partial charge >= 0.3 is 0 Å². The van der Waals surface area contributed by atoms with Crippen molar-refractivity contribution < 1.29 is 18.3 Å². The maximum Gasteiger partial charge on any atom is 0.258 e. The average molecular weight is 300 g/mol. The van der Waals surface area contributed by atoms with Crippen LogP contribution in [-0.2, 0) is 0 Å². The number of nitrogens with zero attached hydrogens (tertiary/aromatic N) is 1. The molecule has 0 aromatic heterocycles. The summed E-state index contributed by atoms with van der Waals surface area (Å²) in [5.41, 5.74) is -0.611. The molecule has 118 valence electrons. The fourth-order valence-corrected chi connectivity index (χ4v) is 1.81. The molecule has 0 heterocycles. The molecule has 0 spiro atoms. The van der Waals surface area contributed by atoms with Crippen molar-refractivity contribution in [1.82, 2.24) is 10.2 Å². The van der Waals surface area contributed by atoms with E-state index in [1.54, 1.807) is 13.8 Å². The van der Waals surface area contributed by atoms with Crippen molar-refractivity contribution >= 4 is 5.91 Å². The van der Waals surface area contributed by atoms with Crippen LogP contribution in [0, 0.1) is 11.6 Å². The second-order valence-electron chi connectivity index (χ2n) is 4.87. The Morgan fingerprint density at radius 3 is 2.43 bits per heavy atom. The molecule has 0 bridgehead atoms. The van der Waals surface area contributed by atoms with Gasteiger partial charge in [-0.25, -0.2) is 8.78 Å². The summed E-state index contributed by atoms with van der Waals surface area (Å²) in [4.78, 5) is 13.9. The van der Waals surface area contributed by atoms with Gasteiger partial charge in [-0.2, -0.15) is 0 Å². The number of carbonyl (C=O) groups excluding carboxylic acids is 1. The van der Waals surface area contributed by atoms with Crippen molar-refractivity contribution in [3.63, 3.8) is 0 Å². The Morgan fingerprint density at radius 2 is 1.90 bits per heavy atom. The maximum absolute atomic E-state index is 14.2. The van der Waals surface area contributed by atoms with Crippen LogP contribution in [0.4, 0.5) is 8.78 Å². The molecule has 0 saturated carbocycles. The van der Waals surface area contributed by atoms with Crippen LogP contribution in [0.2, 0.25) is 0 Å². The lowest BCUT2D eigenvalue weighted by Gasteiger charge is -2.19. The summed E-state index contributed by atoms with van der Waals surface area (Å²) in [6.07, 6.45) is -0.267. The maximum atomic E-state index is 14.2. The summed E-state index contributed by atoms with van der Waals surface area (Å²) in [5.74, 6) is -2.79. The molecular formula is C15H22F2N2O2. The molecule has 0 fully saturated rings. The highest BCUT2D eigenvalue weighted by molar-refractivity contribution is 5.95. The molecule has 1 N–H and O–H groups in total. The smallest absolute Gasteiger partial charge is 0.258 e. The molecule has 21 heavy (non-hydrogen) atoms. The summed E-state index contributed by atoms with van der Waals surface area (Å²) in [5, 5.41) is 2.51. The zero-order valence-electron chi connectivity index (χ0n) is 12.9. The Morgan fingerprint density at radius 1 is 1.29 bits per heavy atom. The van der Waals surface area contributed by atoms with E-state index in [0.717, 1.165) is 19.2 Å². The normalized spacial score (nSPS) is 11.0. The Bertz CT molecular complexity index is 489. The van der Waals surface area contributed by atoms with Crippen LogP contribution in [0.25, 0.3) is 0 Å². The summed E-state index contributed by atoms with van der Waals surface area (Å²) in [6.45, 7) is 9.03. The first-order valence-corrected chi connectivity index (χ1v) is 7.05. The highest BCUT2D eigenvalue weighted by Gasteiger charge is 2.22. The van der Waals surface area contributed by atoms with Crippen molar-refractivity contribution in [2.75, 3.05) is 19.8 Å². The van der Waals surface area contributed by atoms with Gasteiger partial charge in [-0.3, -0.25) is 9.69 Å². The first-order valence-electron chi connectivity index (χ1n) is 7.05. The third-order valence-corrected chi connectivity index (χ3v) is 3.00. The van der Waals surface area contributed by atoms with Crippen LogP contribution in [0.3, 0.4) is 0 Å². The molecule has 1 aromatic carbocycles. The molecule has 4 nitrogen and oxygen atoms in total. The van der Waals surface area contributed by atoms with Crippen molar-refractivity contribution in [2.24, 2.45) is 0 Å². The molecule has 0 aliphatic rings. The summed E-state index contributed by atoms with van der Waals surface area (Å²) in [7, 11) is 0. The molecule has 0 radical (unpaired) electrons. The molecule has 0 aliphatic heterocycles. The Balaban J connectivity index is 2.92. The van der Waals surface area contributed by atoms with Gasteiger partial charge in [-0.15, -0.1) is 0 Å². The van der Waals surface area contributed by atoms with Crippen molar-refractivity contribution in [2.45, 2.75) is 33.8 Å². The lowest BCUT2D eigenvalue weighted by molar-refractivity contribution is 0.0915. The van der Waals surface area contributed by atoms with Crippen LogP contribution >= 0.6 is 0 Å². The number of benzene rings is 1. The first kappa shape index (κ1) is 17.4. The summed E-state index contributed by atoms with van der Waals surface area (Å²) in [6, 6.07) is 2.22. The van der Waals surface area contributed by atoms with Crippen molar-refractivity contribution in [1.29, 1.82) is 0 Å². The Kier molecular flexibility index (Phi) is 6.55. The van der Waals surface area contributed by atoms with E-state index in [0.29, 0.717) is 0 Å². The molecule has 0 aliphatic carbocycles. The van der Waals surface area contributed by atoms with E-state index < -0.39 is 23.1 Å². The lowest BCUT2D eigenvalue weighted by atomic mass is 10.1. The molecule has 6 heteroatoms. The van der Waals surface area contributed by atoms with E-state index in [4.69, 9.17) is 4.74 Å². The van der Waals surface area contributed by atoms with Gasteiger partial charge in [0, 0.05) is 0 Å². The highest BCUT2D eigenvalue weighted by atomic mass is 19.1. The average Bonchev–Trinajstić information content (AvgIpc) is 2.43. The Hall–Kier alpha value is -1.69. The van der Waals surface area contributed by atoms with Gasteiger partial charge in [-0.05, 0) is 39.1 Å². The second kappa shape index (κ2) is 7.93. The van der Waals surface area contributed by atoms with Crippen LogP contribution in [0.1, 0.15) is 38.1 Å². The third-order valence-electron chi connectivity index (χ3n) is 3.00. The fraction of sp³-hybridized carbons (Fsp3) is 0.533. The predicted octanol–water partition coefficient (Wildman–Crippen LogP) is 2.78. The molecule has 1 aromatic rings. The van der Waals surface area contributed by atoms with Gasteiger partial charge in [0.15, 0.2) is 11.6 Å². The SMILES string of the molecule is CCN(CC)CNC(=O)c1c(F)ccc(OC(C)C)c1F. The minimum Gasteiger partial charge on any atom is -0.488 e. The minimum absolute atomic E-state index is 0.126. The number of nitrogens with one attached hydrogen (secondary N) is 1. The van der Waals surface area contributed by atoms with Gasteiger partial charge < -0.3 is 10.1 Å². The van der Waals surface area contributed by atoms with E-state index in [2.05, 4.69) is 5.32 Å². The van der Waals surface area contributed by atoms with Gasteiger partial charge in [-0.1, -0.05) is 13.8 Å². The molecule has 0 saturated heterocycles. The molecule has 1 amide bonds. The quantitative estimate of drug-likeness (QED) is 0.787. The van der Waals surface area contributed by atoms with Crippen molar-refractivity contribution in [3.8, 4) is 5.75 Å². The molecular weight excluding hydrogens is 278 g/mol. The standard InChI is InChI=1S/C15H22F2N2O2/c1-5-19(6-2)9-18-15(20)13-11(16)7-8-12(14(13)17)21-10(3)4/h7-8,10H,5-6,9H2,1-4H3,(H,18,20). The highest BCUT2D eigenvalue weighted by Crippen LogP contribution is 2.24. The minimum atomic E-state index is -0.972. The van der Waals surface area contributed by atoms with E-state index in [9.17, 15) is 13.6 Å². The number of halogens is 2. The van der Waals surface area contributed by atoms with E-state index in [-0.39, 0.29) is 18.5 Å². The molecule has 1 rings (SSSR count). The zero-order valence-corrected chi connectivity index (χ0v) is 12.9. The number of amides is 1. The molecule has 0 atom stereocenters. The topological polar surface area (TPSA) is 41.6 Å². The molecule has 0 unspecified atom stereocenters. The van der Waals surface area contributed by atoms with Crippen LogP contribution in [0.15, 0.2) is 12.1 Å². The summed E-state index contributed by atoms with van der Waals surface area (Å²) >= 11 is 0. The first-order chi connectivity index (χ1) is 9.90. The number of hydrogen-bond acceptors (Lipinski definition) is 3. The fourth-order valence-electron chi connectivity index (χ4n) is 1.81. The largest absolute Gasteiger partial charge is 0.488 e. The number of carbonyl (C=O) groups is 1. The van der Waals surface area contributed by atoms with Crippen LogP contribution in [-0.4, -0.2) is 36.7 Å². The number of hydrogen-bond donors (Lipinski definition) is 1. The van der Waals surface area contributed by atoms with Crippen molar-refractivity contribution in [3.05, 3.63) is 29.3 Å².